The molecule has 132 valence electrons. The molecule has 1 aromatic rings. The summed E-state index contributed by atoms with van der Waals surface area (Å²) in [5, 5.41) is 6.83. The number of aliphatic imine (C=N–C) groups is 1. The zero-order valence-corrected chi connectivity index (χ0v) is 14.9. The summed E-state index contributed by atoms with van der Waals surface area (Å²) in [7, 11) is 1.82. The van der Waals surface area contributed by atoms with Crippen molar-refractivity contribution in [2.45, 2.75) is 44.9 Å². The molecule has 3 rings (SSSR count). The van der Waals surface area contributed by atoms with E-state index in [1.165, 1.54) is 30.5 Å². The molecule has 5 nitrogen and oxygen atoms in total. The molecule has 2 saturated heterocycles. The van der Waals surface area contributed by atoms with Crippen LogP contribution in [0.1, 0.15) is 30.9 Å². The number of nitrogens with one attached hydrogen (secondary N) is 2. The lowest BCUT2D eigenvalue weighted by Crippen LogP contribution is -2.51. The van der Waals surface area contributed by atoms with E-state index < -0.39 is 0 Å². The first-order valence-electron chi connectivity index (χ1n) is 9.17. The molecule has 2 aliphatic heterocycles. The average Bonchev–Trinajstić information content (AvgIpc) is 3.10. The molecule has 2 heterocycles. The molecule has 0 spiro atoms. The summed E-state index contributed by atoms with van der Waals surface area (Å²) in [6.45, 7) is 6.93. The number of morpholine rings is 1. The summed E-state index contributed by atoms with van der Waals surface area (Å²) in [6, 6.07) is 9.21. The van der Waals surface area contributed by atoms with Crippen LogP contribution in [0.25, 0.3) is 0 Å². The van der Waals surface area contributed by atoms with Crippen LogP contribution >= 0.6 is 0 Å². The molecular formula is C19H30N4O. The minimum absolute atomic E-state index is 0.251. The Hall–Kier alpha value is -1.59. The molecule has 0 aliphatic carbocycles. The lowest BCUT2D eigenvalue weighted by atomic mass is 10.1. The van der Waals surface area contributed by atoms with Gasteiger partial charge in [-0.15, -0.1) is 0 Å². The zero-order chi connectivity index (χ0) is 16.8. The van der Waals surface area contributed by atoms with Gasteiger partial charge in [-0.1, -0.05) is 31.2 Å². The van der Waals surface area contributed by atoms with Crippen molar-refractivity contribution in [1.82, 2.24) is 15.5 Å². The van der Waals surface area contributed by atoms with Crippen molar-refractivity contribution in [3.8, 4) is 0 Å². The van der Waals surface area contributed by atoms with Gasteiger partial charge in [0.2, 0.25) is 0 Å². The van der Waals surface area contributed by atoms with Gasteiger partial charge in [0.25, 0.3) is 0 Å². The van der Waals surface area contributed by atoms with E-state index in [0.29, 0.717) is 6.04 Å². The van der Waals surface area contributed by atoms with Gasteiger partial charge in [0, 0.05) is 32.7 Å². The second-order valence-corrected chi connectivity index (χ2v) is 6.68. The minimum Gasteiger partial charge on any atom is -0.373 e. The molecule has 2 unspecified atom stereocenters. The summed E-state index contributed by atoms with van der Waals surface area (Å²) in [6.07, 6.45) is 3.91. The molecule has 0 saturated carbocycles. The lowest BCUT2D eigenvalue weighted by Gasteiger charge is -2.35. The van der Waals surface area contributed by atoms with Gasteiger partial charge in [0.05, 0.1) is 12.7 Å². The fraction of sp³-hybridized carbons (Fsp3) is 0.632. The fourth-order valence-electron chi connectivity index (χ4n) is 3.69. The van der Waals surface area contributed by atoms with Crippen LogP contribution in [0.2, 0.25) is 0 Å². The van der Waals surface area contributed by atoms with Crippen LogP contribution in [0.4, 0.5) is 0 Å². The highest BCUT2D eigenvalue weighted by atomic mass is 16.5. The molecule has 0 radical (unpaired) electrons. The SMILES string of the molecule is CCc1ccccc1CNC(=NC)NCC1CN2CCCC2CO1. The van der Waals surface area contributed by atoms with Crippen LogP contribution in [0.15, 0.2) is 29.3 Å². The van der Waals surface area contributed by atoms with Crippen molar-refractivity contribution in [3.63, 3.8) is 0 Å². The van der Waals surface area contributed by atoms with E-state index in [1.807, 2.05) is 7.05 Å². The van der Waals surface area contributed by atoms with Gasteiger partial charge < -0.3 is 15.4 Å². The molecular weight excluding hydrogens is 300 g/mol. The Morgan fingerprint density at radius 1 is 1.29 bits per heavy atom. The highest BCUT2D eigenvalue weighted by Gasteiger charge is 2.32. The van der Waals surface area contributed by atoms with E-state index in [1.54, 1.807) is 0 Å². The van der Waals surface area contributed by atoms with Gasteiger partial charge in [0.15, 0.2) is 5.96 Å². The fourth-order valence-corrected chi connectivity index (χ4v) is 3.69. The molecule has 5 heteroatoms. The second-order valence-electron chi connectivity index (χ2n) is 6.68. The van der Waals surface area contributed by atoms with E-state index in [9.17, 15) is 0 Å². The lowest BCUT2D eigenvalue weighted by molar-refractivity contribution is -0.0453. The predicted octanol–water partition coefficient (Wildman–Crippen LogP) is 1.78. The van der Waals surface area contributed by atoms with E-state index in [4.69, 9.17) is 4.74 Å². The Morgan fingerprint density at radius 3 is 2.92 bits per heavy atom. The minimum atomic E-state index is 0.251. The van der Waals surface area contributed by atoms with Gasteiger partial charge in [-0.2, -0.15) is 0 Å². The van der Waals surface area contributed by atoms with Crippen LogP contribution in [-0.2, 0) is 17.7 Å². The Morgan fingerprint density at radius 2 is 2.12 bits per heavy atom. The molecule has 2 atom stereocenters. The van der Waals surface area contributed by atoms with Crippen LogP contribution in [0.3, 0.4) is 0 Å². The Labute approximate surface area is 145 Å². The van der Waals surface area contributed by atoms with Crippen molar-refractivity contribution >= 4 is 5.96 Å². The number of aryl methyl sites for hydroxylation is 1. The number of rotatable bonds is 5. The molecule has 1 aromatic carbocycles. The van der Waals surface area contributed by atoms with Crippen molar-refractivity contribution in [2.24, 2.45) is 4.99 Å². The maximum Gasteiger partial charge on any atom is 0.191 e. The molecule has 2 N–H and O–H groups in total. The summed E-state index contributed by atoms with van der Waals surface area (Å²) in [5.41, 5.74) is 2.72. The molecule has 2 aliphatic rings. The van der Waals surface area contributed by atoms with Crippen LogP contribution < -0.4 is 10.6 Å². The highest BCUT2D eigenvalue weighted by molar-refractivity contribution is 5.79. The standard InChI is InChI=1S/C19H30N4O/c1-3-15-7-4-5-8-16(15)11-21-19(20-2)22-12-18-13-23-10-6-9-17(23)14-24-18/h4-5,7-8,17-18H,3,6,9-14H2,1-2H3,(H2,20,21,22). The van der Waals surface area contributed by atoms with E-state index in [-0.39, 0.29) is 6.10 Å². The number of guanidine groups is 1. The van der Waals surface area contributed by atoms with Gasteiger partial charge in [-0.25, -0.2) is 0 Å². The van der Waals surface area contributed by atoms with E-state index in [0.717, 1.165) is 38.6 Å². The first-order valence-corrected chi connectivity index (χ1v) is 9.17. The molecule has 2 fully saturated rings. The molecule has 0 bridgehead atoms. The van der Waals surface area contributed by atoms with Crippen LogP contribution in [0, 0.1) is 0 Å². The van der Waals surface area contributed by atoms with Gasteiger partial charge >= 0.3 is 0 Å². The third kappa shape index (κ3) is 4.28. The number of benzene rings is 1. The second kappa shape index (κ2) is 8.49. The maximum atomic E-state index is 6.00. The Balaban J connectivity index is 1.45. The number of nitrogens with zero attached hydrogens (tertiary/aromatic N) is 2. The topological polar surface area (TPSA) is 48.9 Å². The summed E-state index contributed by atoms with van der Waals surface area (Å²) in [4.78, 5) is 6.91. The predicted molar refractivity (Wildman–Crippen MR) is 98.4 cm³/mol. The molecule has 0 aromatic heterocycles. The monoisotopic (exact) mass is 330 g/mol. The van der Waals surface area contributed by atoms with E-state index >= 15 is 0 Å². The number of fused-ring (bicyclic) bond motifs is 1. The van der Waals surface area contributed by atoms with Crippen molar-refractivity contribution in [3.05, 3.63) is 35.4 Å². The van der Waals surface area contributed by atoms with Gasteiger partial charge in [0.1, 0.15) is 0 Å². The number of hydrogen-bond acceptors (Lipinski definition) is 3. The number of ether oxygens (including phenoxy) is 1. The highest BCUT2D eigenvalue weighted by Crippen LogP contribution is 2.22. The molecule has 0 amide bonds. The van der Waals surface area contributed by atoms with Crippen LogP contribution in [-0.4, -0.2) is 56.3 Å². The zero-order valence-electron chi connectivity index (χ0n) is 14.9. The molecule has 24 heavy (non-hydrogen) atoms. The third-order valence-corrected chi connectivity index (χ3v) is 5.13. The van der Waals surface area contributed by atoms with Gasteiger partial charge in [-0.05, 0) is 36.9 Å². The summed E-state index contributed by atoms with van der Waals surface area (Å²) >= 11 is 0. The van der Waals surface area contributed by atoms with Crippen LogP contribution in [0.5, 0.6) is 0 Å². The van der Waals surface area contributed by atoms with Crippen molar-refractivity contribution in [2.75, 3.05) is 33.3 Å². The number of hydrogen-bond donors (Lipinski definition) is 2. The Kier molecular flexibility index (Phi) is 6.10. The van der Waals surface area contributed by atoms with Gasteiger partial charge in [-0.3, -0.25) is 9.89 Å². The largest absolute Gasteiger partial charge is 0.373 e. The summed E-state index contributed by atoms with van der Waals surface area (Å²) in [5.74, 6) is 0.841. The van der Waals surface area contributed by atoms with E-state index in [2.05, 4.69) is 51.7 Å². The Bertz CT molecular complexity index is 560. The average molecular weight is 330 g/mol. The van der Waals surface area contributed by atoms with Crippen molar-refractivity contribution < 1.29 is 4.74 Å². The summed E-state index contributed by atoms with van der Waals surface area (Å²) < 4.78 is 6.00. The third-order valence-electron chi connectivity index (χ3n) is 5.13. The first-order chi connectivity index (χ1) is 11.8. The van der Waals surface area contributed by atoms with Crippen molar-refractivity contribution in [1.29, 1.82) is 0 Å². The smallest absolute Gasteiger partial charge is 0.191 e. The normalized spacial score (nSPS) is 24.7. The quantitative estimate of drug-likeness (QED) is 0.638. The first kappa shape index (κ1) is 17.2. The maximum absolute atomic E-state index is 6.00.